The molecule has 0 radical (unpaired) electrons. The van der Waals surface area contributed by atoms with Gasteiger partial charge in [0, 0.05) is 72.4 Å². The van der Waals surface area contributed by atoms with E-state index in [1.807, 2.05) is 7.05 Å². The van der Waals surface area contributed by atoms with E-state index in [0.29, 0.717) is 27.4 Å². The molecule has 38 heavy (non-hydrogen) atoms. The molecule has 5 rings (SSSR count). The molecule has 2 aromatic heterocycles. The number of nitrogens with one attached hydrogen (secondary N) is 1. The van der Waals surface area contributed by atoms with E-state index in [1.54, 1.807) is 23.1 Å². The molecular weight excluding hydrogens is 548 g/mol. The Labute approximate surface area is 229 Å². The maximum Gasteiger partial charge on any atom is 0.283 e. The minimum absolute atomic E-state index is 0.0110. The van der Waals surface area contributed by atoms with Gasteiger partial charge < -0.3 is 14.8 Å². The smallest absolute Gasteiger partial charge is 0.283 e. The summed E-state index contributed by atoms with van der Waals surface area (Å²) < 4.78 is 28.9. The van der Waals surface area contributed by atoms with Gasteiger partial charge >= 0.3 is 0 Å². The molecule has 10 nitrogen and oxygen atoms in total. The number of ketones is 1. The van der Waals surface area contributed by atoms with Crippen LogP contribution < -0.4 is 0 Å². The summed E-state index contributed by atoms with van der Waals surface area (Å²) in [5, 5.41) is 10.3. The first-order valence-corrected chi connectivity index (χ1v) is 14.9. The number of nitrogens with zero attached hydrogens (tertiary/aromatic N) is 5. The first kappa shape index (κ1) is 26.8. The van der Waals surface area contributed by atoms with E-state index in [4.69, 9.17) is 11.6 Å². The second-order valence-electron chi connectivity index (χ2n) is 9.66. The van der Waals surface area contributed by atoms with E-state index in [0.717, 1.165) is 30.1 Å². The van der Waals surface area contributed by atoms with Crippen molar-refractivity contribution in [2.75, 3.05) is 33.2 Å². The molecule has 0 spiro atoms. The number of rotatable bonds is 6. The van der Waals surface area contributed by atoms with Gasteiger partial charge in [-0.15, -0.1) is 11.3 Å². The zero-order chi connectivity index (χ0) is 27.2. The van der Waals surface area contributed by atoms with Crippen LogP contribution in [0.1, 0.15) is 50.5 Å². The van der Waals surface area contributed by atoms with E-state index < -0.39 is 21.8 Å². The molecule has 2 aliphatic heterocycles. The standard InChI is InChI=1S/C25H27ClN6O4S2/c1-15(33)22-18-12-16(26)5-6-19(18)29-24(22)38(35,36)31-10-11-32(17(13-31)4-3-8-27)25(34)23-28-20-7-9-30(2)14-21(20)37-23/h5-6,12,17,29H,3-4,7,9-11,13-14H2,1-2H3. The summed E-state index contributed by atoms with van der Waals surface area (Å²) in [4.78, 5) is 38.5. The quantitative estimate of drug-likeness (QED) is 0.447. The minimum Gasteiger partial charge on any atom is -0.344 e. The van der Waals surface area contributed by atoms with Crippen molar-refractivity contribution < 1.29 is 18.0 Å². The first-order chi connectivity index (χ1) is 18.1. The van der Waals surface area contributed by atoms with Crippen molar-refractivity contribution >= 4 is 55.6 Å². The van der Waals surface area contributed by atoms with Crippen LogP contribution in [0.3, 0.4) is 0 Å². The van der Waals surface area contributed by atoms with E-state index in [9.17, 15) is 23.3 Å². The SMILES string of the molecule is CC(=O)c1c(S(=O)(=O)N2CCN(C(=O)c3nc4c(s3)CN(C)CC4)C(CCC#N)C2)[nH]c2ccc(Cl)cc12. The number of halogens is 1. The Morgan fingerprint density at radius 3 is 2.82 bits per heavy atom. The summed E-state index contributed by atoms with van der Waals surface area (Å²) in [6.07, 6.45) is 1.28. The number of sulfonamides is 1. The van der Waals surface area contributed by atoms with Crippen LogP contribution in [-0.2, 0) is 23.0 Å². The van der Waals surface area contributed by atoms with Crippen LogP contribution in [-0.4, -0.2) is 83.4 Å². The number of thiazole rings is 1. The molecule has 1 atom stereocenters. The number of aromatic amines is 1. The fourth-order valence-electron chi connectivity index (χ4n) is 5.14. The van der Waals surface area contributed by atoms with Gasteiger partial charge in [0.25, 0.3) is 15.9 Å². The van der Waals surface area contributed by atoms with Crippen LogP contribution in [0.15, 0.2) is 23.2 Å². The Balaban J connectivity index is 1.44. The van der Waals surface area contributed by atoms with Crippen molar-refractivity contribution in [2.45, 2.75) is 43.8 Å². The Hall–Kier alpha value is -2.82. The second-order valence-corrected chi connectivity index (χ2v) is 13.1. The Bertz CT molecular complexity index is 1570. The van der Waals surface area contributed by atoms with E-state index in [1.165, 1.54) is 22.6 Å². The molecule has 3 aromatic rings. The Kier molecular flexibility index (Phi) is 7.32. The summed E-state index contributed by atoms with van der Waals surface area (Å²) >= 11 is 7.50. The van der Waals surface area contributed by atoms with Crippen LogP contribution in [0.2, 0.25) is 5.02 Å². The Morgan fingerprint density at radius 1 is 1.29 bits per heavy atom. The molecule has 1 N–H and O–H groups in total. The maximum atomic E-state index is 13.8. The van der Waals surface area contributed by atoms with Crippen molar-refractivity contribution in [2.24, 2.45) is 0 Å². The third-order valence-electron chi connectivity index (χ3n) is 7.08. The molecule has 0 bridgehead atoms. The average Bonchev–Trinajstić information content (AvgIpc) is 3.48. The number of amides is 1. The van der Waals surface area contributed by atoms with Crippen molar-refractivity contribution in [1.82, 2.24) is 24.1 Å². The van der Waals surface area contributed by atoms with Crippen LogP contribution >= 0.6 is 22.9 Å². The molecule has 4 heterocycles. The van der Waals surface area contributed by atoms with Crippen molar-refractivity contribution in [3.63, 3.8) is 0 Å². The highest BCUT2D eigenvalue weighted by Crippen LogP contribution is 2.32. The van der Waals surface area contributed by atoms with Crippen LogP contribution in [0.4, 0.5) is 0 Å². The zero-order valence-electron chi connectivity index (χ0n) is 21.0. The lowest BCUT2D eigenvalue weighted by Gasteiger charge is -2.40. The molecule has 200 valence electrons. The summed E-state index contributed by atoms with van der Waals surface area (Å²) in [5.41, 5.74) is 1.50. The number of fused-ring (bicyclic) bond motifs is 2. The third kappa shape index (κ3) is 4.85. The number of likely N-dealkylation sites (N-methyl/N-ethyl adjacent to an activating group) is 1. The molecule has 1 amide bonds. The predicted octanol–water partition coefficient (Wildman–Crippen LogP) is 3.29. The number of hydrogen-bond acceptors (Lipinski definition) is 8. The zero-order valence-corrected chi connectivity index (χ0v) is 23.4. The first-order valence-electron chi connectivity index (χ1n) is 12.3. The van der Waals surface area contributed by atoms with Gasteiger partial charge in [-0.05, 0) is 38.6 Å². The summed E-state index contributed by atoms with van der Waals surface area (Å²) in [6, 6.07) is 6.43. The normalized spacial score (nSPS) is 18.9. The maximum absolute atomic E-state index is 13.8. The van der Waals surface area contributed by atoms with Gasteiger partial charge in [-0.3, -0.25) is 9.59 Å². The van der Waals surface area contributed by atoms with Crippen molar-refractivity contribution in [3.05, 3.63) is 44.4 Å². The van der Waals surface area contributed by atoms with E-state index >= 15 is 0 Å². The molecule has 0 aliphatic carbocycles. The van der Waals surface area contributed by atoms with Gasteiger partial charge in [0.1, 0.15) is 0 Å². The topological polar surface area (TPSA) is 130 Å². The minimum atomic E-state index is -4.12. The van der Waals surface area contributed by atoms with Gasteiger partial charge in [0.15, 0.2) is 15.8 Å². The second kappa shape index (κ2) is 10.4. The highest BCUT2D eigenvalue weighted by atomic mass is 35.5. The Morgan fingerprint density at radius 2 is 2.08 bits per heavy atom. The largest absolute Gasteiger partial charge is 0.344 e. The number of Topliss-reactive ketones (excluding diaryl/α,β-unsaturated/α-hetero) is 1. The lowest BCUT2D eigenvalue weighted by atomic mass is 10.1. The van der Waals surface area contributed by atoms with Gasteiger partial charge in [0.2, 0.25) is 0 Å². The van der Waals surface area contributed by atoms with E-state index in [2.05, 4.69) is 20.9 Å². The molecule has 1 saturated heterocycles. The van der Waals surface area contributed by atoms with Gasteiger partial charge in [-0.2, -0.15) is 9.57 Å². The van der Waals surface area contributed by atoms with Crippen molar-refractivity contribution in [3.8, 4) is 6.07 Å². The number of aromatic nitrogens is 2. The van der Waals surface area contributed by atoms with Crippen molar-refractivity contribution in [1.29, 1.82) is 5.26 Å². The molecule has 1 unspecified atom stereocenters. The lowest BCUT2D eigenvalue weighted by Crippen LogP contribution is -2.56. The fraction of sp³-hybridized carbons (Fsp3) is 0.440. The lowest BCUT2D eigenvalue weighted by molar-refractivity contribution is 0.0552. The number of carbonyl (C=O) groups is 2. The fourth-order valence-corrected chi connectivity index (χ4v) is 8.16. The monoisotopic (exact) mass is 574 g/mol. The van der Waals surface area contributed by atoms with Gasteiger partial charge in [-0.25, -0.2) is 13.4 Å². The number of H-pyrrole nitrogens is 1. The van der Waals surface area contributed by atoms with Crippen LogP contribution in [0.5, 0.6) is 0 Å². The number of carbonyl (C=O) groups excluding carboxylic acids is 2. The highest BCUT2D eigenvalue weighted by molar-refractivity contribution is 7.89. The molecule has 0 saturated carbocycles. The molecule has 1 fully saturated rings. The number of nitriles is 1. The summed E-state index contributed by atoms with van der Waals surface area (Å²) in [5.74, 6) is -0.637. The number of hydrogen-bond donors (Lipinski definition) is 1. The molecule has 1 aromatic carbocycles. The van der Waals surface area contributed by atoms with Gasteiger partial charge in [-0.1, -0.05) is 11.6 Å². The summed E-state index contributed by atoms with van der Waals surface area (Å²) in [7, 11) is -2.09. The molecule has 13 heteroatoms. The average molecular weight is 575 g/mol. The third-order valence-corrected chi connectivity index (χ3v) is 10.2. The molecular formula is C25H27ClN6O4S2. The number of piperazine rings is 1. The molecule has 2 aliphatic rings. The summed E-state index contributed by atoms with van der Waals surface area (Å²) in [6.45, 7) is 3.17. The van der Waals surface area contributed by atoms with Crippen LogP contribution in [0.25, 0.3) is 10.9 Å². The van der Waals surface area contributed by atoms with Gasteiger partial charge in [0.05, 0.1) is 17.3 Å². The van der Waals surface area contributed by atoms with Crippen LogP contribution in [0, 0.1) is 11.3 Å². The predicted molar refractivity (Wildman–Crippen MR) is 144 cm³/mol. The van der Waals surface area contributed by atoms with E-state index in [-0.39, 0.29) is 42.6 Å². The number of benzene rings is 1. The highest BCUT2D eigenvalue weighted by Gasteiger charge is 2.39.